The topological polar surface area (TPSA) is 3.24 Å². The predicted octanol–water partition coefficient (Wildman–Crippen LogP) is 13.9. The van der Waals surface area contributed by atoms with Crippen LogP contribution in [0.5, 0.6) is 0 Å². The molecule has 0 unspecified atom stereocenters. The van der Waals surface area contributed by atoms with E-state index in [4.69, 9.17) is 11.2 Å². The van der Waals surface area contributed by atoms with Crippen molar-refractivity contribution in [3.63, 3.8) is 0 Å². The standard InChI is InChI=1S/C14H14F2NP.C12H8ClF2P.C12H8F2IP.C3H9ISi.C2H6.ClH/c1-17(2)18(13-9-5-3-7-11(13)15)14-10-6-4-8-12(14)16;13-16(11-7-3-1-5-9(11)14)12-8-4-2-6-10(12)15;13-9-5-1-3-7-11(9)16(15)12-8-4-2-6-10(12)14;1-5(2,3)4;1-2;/h3-10H,1-2H3;2*1-8H;1-3H3;1-2H3;1H. The highest BCUT2D eigenvalue weighted by atomic mass is 127. The summed E-state index contributed by atoms with van der Waals surface area (Å²) in [4.78, 5) is 0. The van der Waals surface area contributed by atoms with Crippen LogP contribution in [-0.4, -0.2) is 24.3 Å². The minimum Gasteiger partial charge on any atom is -0.281 e. The molecule has 6 aromatic carbocycles. The molecule has 0 saturated heterocycles. The van der Waals surface area contributed by atoms with E-state index in [-0.39, 0.29) is 35.7 Å². The molecule has 0 amide bonds. The fourth-order valence-electron chi connectivity index (χ4n) is 4.51. The molecular weight excluding hydrogens is 1090 g/mol. The molecule has 6 aromatic rings. The quantitative estimate of drug-likeness (QED) is 0.0506. The van der Waals surface area contributed by atoms with Gasteiger partial charge in [0.2, 0.25) is 0 Å². The van der Waals surface area contributed by atoms with Crippen molar-refractivity contribution in [3.8, 4) is 0 Å². The van der Waals surface area contributed by atoms with Crippen LogP contribution in [0.3, 0.4) is 0 Å². The van der Waals surface area contributed by atoms with Crippen molar-refractivity contribution in [3.05, 3.63) is 180 Å². The largest absolute Gasteiger partial charge is 0.281 e. The lowest BCUT2D eigenvalue weighted by Gasteiger charge is -2.25. The summed E-state index contributed by atoms with van der Waals surface area (Å²) in [5.74, 6) is -1.92. The maximum atomic E-state index is 13.9. The minimum atomic E-state index is -1.49. The monoisotopic (exact) mass is 1130 g/mol. The highest BCUT2D eigenvalue weighted by Gasteiger charge is 2.23. The summed E-state index contributed by atoms with van der Waals surface area (Å²) >= 11 is 10.8. The second-order valence-corrected chi connectivity index (χ2v) is 35.7. The predicted molar refractivity (Wildman–Crippen MR) is 266 cm³/mol. The number of rotatable bonds is 7. The molecule has 0 N–H and O–H groups in total. The Labute approximate surface area is 381 Å². The van der Waals surface area contributed by atoms with Crippen molar-refractivity contribution in [2.24, 2.45) is 0 Å². The van der Waals surface area contributed by atoms with E-state index in [1.807, 2.05) is 32.6 Å². The Hall–Kier alpha value is -1.59. The smallest absolute Gasteiger partial charge is 0.132 e. The molecule has 0 atom stereocenters. The molecule has 0 aromatic heterocycles. The Morgan fingerprint density at radius 3 is 0.845 bits per heavy atom. The van der Waals surface area contributed by atoms with Gasteiger partial charge in [0.15, 0.2) is 0 Å². The molecule has 6 rings (SSSR count). The molecule has 0 fully saturated rings. The first-order valence-electron chi connectivity index (χ1n) is 17.6. The SMILES string of the molecule is CC.CN(C)P(c1ccccc1F)c1ccccc1F.C[Si](C)(C)I.Cl.Fc1ccccc1P(Cl)c1ccccc1F.Fc1ccccc1P(I)c1ccccc1F. The lowest BCUT2D eigenvalue weighted by atomic mass is 10.3. The summed E-state index contributed by atoms with van der Waals surface area (Å²) in [5.41, 5.74) is -1.63. The van der Waals surface area contributed by atoms with E-state index in [1.54, 1.807) is 109 Å². The third kappa shape index (κ3) is 18.2. The molecule has 0 spiro atoms. The summed E-state index contributed by atoms with van der Waals surface area (Å²) in [6.45, 7) is 10.9. The normalized spacial score (nSPS) is 10.6. The van der Waals surface area contributed by atoms with Crippen LogP contribution in [0.2, 0.25) is 19.6 Å². The Bertz CT molecular complexity index is 1880. The van der Waals surface area contributed by atoms with Gasteiger partial charge in [-0.3, -0.25) is 4.67 Å². The van der Waals surface area contributed by atoms with Gasteiger partial charge in [0.25, 0.3) is 0 Å². The zero-order chi connectivity index (χ0) is 42.7. The van der Waals surface area contributed by atoms with Crippen LogP contribution in [0.25, 0.3) is 0 Å². The summed E-state index contributed by atoms with van der Waals surface area (Å²) in [6.07, 6.45) is 0. The van der Waals surface area contributed by atoms with Crippen LogP contribution < -0.4 is 31.8 Å². The molecule has 0 heterocycles. The van der Waals surface area contributed by atoms with Crippen LogP contribution >= 0.6 is 88.4 Å². The Morgan fingerprint density at radius 1 is 0.448 bits per heavy atom. The molecule has 0 bridgehead atoms. The zero-order valence-corrected chi connectivity index (χ0v) is 42.5. The van der Waals surface area contributed by atoms with Crippen molar-refractivity contribution in [1.29, 1.82) is 0 Å². The van der Waals surface area contributed by atoms with Crippen LogP contribution in [0.15, 0.2) is 146 Å². The summed E-state index contributed by atoms with van der Waals surface area (Å²) in [7, 11) is 1.02. The minimum absolute atomic E-state index is 0. The van der Waals surface area contributed by atoms with Crippen LogP contribution in [-0.2, 0) is 0 Å². The third-order valence-electron chi connectivity index (χ3n) is 6.82. The van der Waals surface area contributed by atoms with Gasteiger partial charge in [-0.1, -0.05) is 142 Å². The Morgan fingerprint density at radius 2 is 0.638 bits per heavy atom. The second kappa shape index (κ2) is 28.1. The van der Waals surface area contributed by atoms with E-state index in [2.05, 4.69) is 63.5 Å². The highest BCUT2D eigenvalue weighted by Crippen LogP contribution is 2.44. The lowest BCUT2D eigenvalue weighted by molar-refractivity contribution is 0.626. The average Bonchev–Trinajstić information content (AvgIpc) is 3.17. The Balaban J connectivity index is 0.000000400. The van der Waals surface area contributed by atoms with Gasteiger partial charge in [-0.2, -0.15) is 0 Å². The lowest BCUT2D eigenvalue weighted by Crippen LogP contribution is -2.26. The van der Waals surface area contributed by atoms with Crippen molar-refractivity contribution in [1.82, 2.24) is 4.67 Å². The van der Waals surface area contributed by atoms with Gasteiger partial charge >= 0.3 is 0 Å². The van der Waals surface area contributed by atoms with E-state index in [9.17, 15) is 26.3 Å². The molecular formula is C43H46Cl2F6I2NP3Si. The first-order chi connectivity index (χ1) is 27.0. The fourth-order valence-corrected chi connectivity index (χ4v) is 12.2. The second-order valence-electron chi connectivity index (χ2n) is 12.5. The van der Waals surface area contributed by atoms with E-state index in [0.29, 0.717) is 31.8 Å². The molecule has 58 heavy (non-hydrogen) atoms. The van der Waals surface area contributed by atoms with E-state index < -0.39 is 38.1 Å². The van der Waals surface area contributed by atoms with E-state index in [1.165, 1.54) is 36.4 Å². The fraction of sp³-hybridized carbons (Fsp3) is 0.163. The van der Waals surface area contributed by atoms with Gasteiger partial charge in [0, 0.05) is 45.5 Å². The zero-order valence-electron chi connectivity index (χ0n) is 33.0. The van der Waals surface area contributed by atoms with Gasteiger partial charge in [0.1, 0.15) is 40.5 Å². The molecule has 0 aliphatic heterocycles. The average molecular weight is 1140 g/mol. The van der Waals surface area contributed by atoms with Crippen molar-refractivity contribution < 1.29 is 26.3 Å². The molecule has 0 radical (unpaired) electrons. The maximum Gasteiger partial charge on any atom is 0.132 e. The first-order valence-corrected chi connectivity index (χ1v) is 31.8. The molecule has 0 aliphatic rings. The summed E-state index contributed by atoms with van der Waals surface area (Å²) < 4.78 is 83.7. The van der Waals surface area contributed by atoms with Crippen LogP contribution in [0, 0.1) is 34.9 Å². The van der Waals surface area contributed by atoms with Crippen molar-refractivity contribution >= 4 is 126 Å². The molecule has 15 heteroatoms. The number of halogens is 10. The molecule has 0 saturated carbocycles. The van der Waals surface area contributed by atoms with Crippen LogP contribution in [0.4, 0.5) is 26.3 Å². The summed E-state index contributed by atoms with van der Waals surface area (Å²) in [5, 5.41) is 2.94. The summed E-state index contributed by atoms with van der Waals surface area (Å²) in [6, 6.07) is 38.5. The number of hydrogen-bond acceptors (Lipinski definition) is 1. The van der Waals surface area contributed by atoms with Gasteiger partial charge in [0.05, 0.1) is 7.27 Å². The number of benzene rings is 6. The van der Waals surface area contributed by atoms with Gasteiger partial charge in [-0.05, 0) is 84.7 Å². The highest BCUT2D eigenvalue weighted by molar-refractivity contribution is 14.2. The van der Waals surface area contributed by atoms with E-state index >= 15 is 0 Å². The van der Waals surface area contributed by atoms with E-state index in [0.717, 1.165) is 0 Å². The maximum absolute atomic E-state index is 13.9. The van der Waals surface area contributed by atoms with Crippen molar-refractivity contribution in [2.75, 3.05) is 14.1 Å². The molecule has 312 valence electrons. The Kier molecular flexibility index (Phi) is 26.4. The van der Waals surface area contributed by atoms with Gasteiger partial charge < -0.3 is 0 Å². The first kappa shape index (κ1) is 54.4. The van der Waals surface area contributed by atoms with Crippen LogP contribution in [0.1, 0.15) is 13.8 Å². The molecule has 0 aliphatic carbocycles. The van der Waals surface area contributed by atoms with Crippen molar-refractivity contribution in [2.45, 2.75) is 33.5 Å². The molecule has 1 nitrogen and oxygen atoms in total. The number of nitrogens with zero attached hydrogens (tertiary/aromatic N) is 1. The van der Waals surface area contributed by atoms with Gasteiger partial charge in [-0.25, -0.2) is 26.3 Å². The number of hydrogen-bond donors (Lipinski definition) is 0. The third-order valence-corrected chi connectivity index (χ3v) is 16.6. The van der Waals surface area contributed by atoms with Gasteiger partial charge in [-0.15, -0.1) is 34.2 Å².